The maximum Gasteiger partial charge on any atom is 0.410 e. The molecule has 0 saturated carbocycles. The maximum absolute atomic E-state index is 12.3. The number of nitrogens with zero attached hydrogens (tertiary/aromatic N) is 1. The quantitative estimate of drug-likeness (QED) is 0.562. The predicted octanol–water partition coefficient (Wildman–Crippen LogP) is 4.14. The van der Waals surface area contributed by atoms with E-state index in [0.717, 1.165) is 6.42 Å². The lowest BCUT2D eigenvalue weighted by Gasteiger charge is -2.45. The first-order valence-corrected chi connectivity index (χ1v) is 10.3. The highest BCUT2D eigenvalue weighted by Gasteiger charge is 2.41. The number of carbonyl (C=O) groups excluding carboxylic acids is 1. The molecule has 1 fully saturated rings. The number of likely N-dealkylation sites (tertiary alicyclic amines) is 1. The molecule has 140 valence electrons. The van der Waals surface area contributed by atoms with E-state index in [1.165, 1.54) is 0 Å². The van der Waals surface area contributed by atoms with E-state index in [9.17, 15) is 4.79 Å². The normalized spacial score (nSPS) is 23.6. The maximum atomic E-state index is 12.3. The Morgan fingerprint density at radius 3 is 2.21 bits per heavy atom. The molecule has 2 atom stereocenters. The van der Waals surface area contributed by atoms with Crippen molar-refractivity contribution >= 4 is 15.9 Å². The van der Waals surface area contributed by atoms with E-state index in [-0.39, 0.29) is 22.7 Å². The first-order chi connectivity index (χ1) is 10.7. The molecule has 1 rings (SSSR count). The predicted molar refractivity (Wildman–Crippen MR) is 103 cm³/mol. The van der Waals surface area contributed by atoms with E-state index >= 15 is 0 Å². The molecule has 0 unspecified atom stereocenters. The summed E-state index contributed by atoms with van der Waals surface area (Å²) < 4.78 is 11.9. The molecule has 0 aliphatic carbocycles. The first-order valence-electron chi connectivity index (χ1n) is 8.99. The SMILES string of the molecule is C=C[C@H]1CN(C(=O)OC(C)(C)C)CC[C@@H]1C(C)(C)O[SiH2]C(C)(C)C. The van der Waals surface area contributed by atoms with Crippen LogP contribution in [0.15, 0.2) is 12.7 Å². The zero-order valence-corrected chi connectivity index (χ0v) is 18.4. The first kappa shape index (κ1) is 21.2. The van der Waals surface area contributed by atoms with Gasteiger partial charge in [0.15, 0.2) is 9.76 Å². The van der Waals surface area contributed by atoms with Crippen molar-refractivity contribution in [2.45, 2.75) is 78.1 Å². The third-order valence-electron chi connectivity index (χ3n) is 4.38. The number of rotatable bonds is 4. The van der Waals surface area contributed by atoms with Crippen molar-refractivity contribution in [2.75, 3.05) is 13.1 Å². The van der Waals surface area contributed by atoms with Crippen LogP contribution in [0.4, 0.5) is 4.79 Å². The highest BCUT2D eigenvalue weighted by molar-refractivity contribution is 6.31. The van der Waals surface area contributed by atoms with Crippen molar-refractivity contribution in [1.82, 2.24) is 4.90 Å². The molecule has 1 aliphatic rings. The van der Waals surface area contributed by atoms with Crippen LogP contribution in [-0.4, -0.2) is 45.0 Å². The van der Waals surface area contributed by atoms with Gasteiger partial charge in [-0.15, -0.1) is 6.58 Å². The van der Waals surface area contributed by atoms with Crippen molar-refractivity contribution < 1.29 is 14.0 Å². The lowest BCUT2D eigenvalue weighted by Crippen LogP contribution is -2.51. The Kier molecular flexibility index (Phi) is 6.73. The number of ether oxygens (including phenoxy) is 1. The second-order valence-electron chi connectivity index (χ2n) is 9.67. The van der Waals surface area contributed by atoms with Crippen LogP contribution in [0.1, 0.15) is 61.8 Å². The number of hydrogen-bond acceptors (Lipinski definition) is 3. The molecule has 0 spiro atoms. The van der Waals surface area contributed by atoms with E-state index < -0.39 is 15.4 Å². The Morgan fingerprint density at radius 2 is 1.75 bits per heavy atom. The molecule has 1 saturated heterocycles. The molecular weight excluding hydrogens is 318 g/mol. The Bertz CT molecular complexity index is 449. The fraction of sp³-hybridized carbons (Fsp3) is 0.842. The molecule has 0 bridgehead atoms. The molecule has 24 heavy (non-hydrogen) atoms. The fourth-order valence-electron chi connectivity index (χ4n) is 3.09. The van der Waals surface area contributed by atoms with Crippen LogP contribution in [0.25, 0.3) is 0 Å². The van der Waals surface area contributed by atoms with Gasteiger partial charge in [0, 0.05) is 13.1 Å². The van der Waals surface area contributed by atoms with E-state index in [4.69, 9.17) is 9.16 Å². The zero-order valence-electron chi connectivity index (χ0n) is 16.9. The monoisotopic (exact) mass is 355 g/mol. The van der Waals surface area contributed by atoms with Gasteiger partial charge in [0.2, 0.25) is 0 Å². The minimum Gasteiger partial charge on any atom is -0.444 e. The van der Waals surface area contributed by atoms with Crippen molar-refractivity contribution in [2.24, 2.45) is 11.8 Å². The fourth-order valence-corrected chi connectivity index (χ4v) is 4.10. The summed E-state index contributed by atoms with van der Waals surface area (Å²) in [6.07, 6.45) is 2.67. The average Bonchev–Trinajstić information content (AvgIpc) is 2.42. The Morgan fingerprint density at radius 1 is 1.17 bits per heavy atom. The highest BCUT2D eigenvalue weighted by atomic mass is 28.2. The largest absolute Gasteiger partial charge is 0.444 e. The van der Waals surface area contributed by atoms with Crippen molar-refractivity contribution in [3.8, 4) is 0 Å². The Hall–Kier alpha value is -0.813. The van der Waals surface area contributed by atoms with Crippen LogP contribution in [0, 0.1) is 11.8 Å². The summed E-state index contributed by atoms with van der Waals surface area (Å²) in [6.45, 7) is 22.2. The molecule has 0 N–H and O–H groups in total. The second kappa shape index (κ2) is 7.61. The van der Waals surface area contributed by atoms with E-state index in [1.54, 1.807) is 0 Å². The zero-order chi connectivity index (χ0) is 18.8. The second-order valence-corrected chi connectivity index (χ2v) is 12.4. The van der Waals surface area contributed by atoms with Crippen LogP contribution in [0.2, 0.25) is 5.04 Å². The summed E-state index contributed by atoms with van der Waals surface area (Å²) in [5, 5.41) is 0.276. The van der Waals surface area contributed by atoms with Crippen molar-refractivity contribution in [3.05, 3.63) is 12.7 Å². The van der Waals surface area contributed by atoms with Crippen LogP contribution in [0.5, 0.6) is 0 Å². The van der Waals surface area contributed by atoms with Gasteiger partial charge >= 0.3 is 6.09 Å². The summed E-state index contributed by atoms with van der Waals surface area (Å²) in [5.74, 6) is 0.610. The average molecular weight is 356 g/mol. The van der Waals surface area contributed by atoms with Crippen LogP contribution in [-0.2, 0) is 9.16 Å². The minimum atomic E-state index is -0.621. The molecule has 0 aromatic heterocycles. The molecule has 0 aromatic rings. The van der Waals surface area contributed by atoms with Gasteiger partial charge in [0.05, 0.1) is 5.60 Å². The molecule has 5 heteroatoms. The van der Waals surface area contributed by atoms with E-state index in [2.05, 4.69) is 41.2 Å². The molecular formula is C19H37NO3Si. The lowest BCUT2D eigenvalue weighted by atomic mass is 9.75. The van der Waals surface area contributed by atoms with E-state index in [1.807, 2.05) is 31.7 Å². The lowest BCUT2D eigenvalue weighted by molar-refractivity contribution is -0.0258. The Labute approximate surface area is 150 Å². The van der Waals surface area contributed by atoms with Crippen LogP contribution in [0.3, 0.4) is 0 Å². The molecule has 4 nitrogen and oxygen atoms in total. The number of piperidine rings is 1. The molecule has 1 aliphatic heterocycles. The molecule has 0 radical (unpaired) electrons. The highest BCUT2D eigenvalue weighted by Crippen LogP contribution is 2.37. The van der Waals surface area contributed by atoms with Crippen LogP contribution < -0.4 is 0 Å². The number of hydrogen-bond donors (Lipinski definition) is 0. The summed E-state index contributed by atoms with van der Waals surface area (Å²) in [7, 11) is -0.621. The van der Waals surface area contributed by atoms with Gasteiger partial charge in [0.1, 0.15) is 5.60 Å². The smallest absolute Gasteiger partial charge is 0.410 e. The minimum absolute atomic E-state index is 0.182. The van der Waals surface area contributed by atoms with Gasteiger partial charge in [-0.05, 0) is 57.9 Å². The van der Waals surface area contributed by atoms with Crippen molar-refractivity contribution in [1.29, 1.82) is 0 Å². The van der Waals surface area contributed by atoms with Gasteiger partial charge in [-0.2, -0.15) is 0 Å². The van der Waals surface area contributed by atoms with Crippen LogP contribution >= 0.6 is 0 Å². The number of amides is 1. The standard InChI is InChI=1S/C19H37NO3Si/c1-10-14-13-20(16(21)22-17(2,3)4)12-11-15(14)19(8,9)23-24-18(5,6)7/h10,14-15H,1,11-13,24H2,2-9H3/t14-,15-/m0/s1. The summed E-state index contributed by atoms with van der Waals surface area (Å²) >= 11 is 0. The van der Waals surface area contributed by atoms with Gasteiger partial charge in [-0.3, -0.25) is 0 Å². The third-order valence-corrected chi connectivity index (χ3v) is 6.14. The van der Waals surface area contributed by atoms with Gasteiger partial charge in [-0.1, -0.05) is 26.8 Å². The topological polar surface area (TPSA) is 38.8 Å². The molecule has 1 heterocycles. The van der Waals surface area contributed by atoms with Gasteiger partial charge in [-0.25, -0.2) is 4.79 Å². The summed E-state index contributed by atoms with van der Waals surface area (Å²) in [5.41, 5.74) is -0.642. The molecule has 0 aromatic carbocycles. The van der Waals surface area contributed by atoms with Gasteiger partial charge in [0.25, 0.3) is 0 Å². The van der Waals surface area contributed by atoms with Crippen molar-refractivity contribution in [3.63, 3.8) is 0 Å². The summed E-state index contributed by atoms with van der Waals surface area (Å²) in [4.78, 5) is 14.1. The summed E-state index contributed by atoms with van der Waals surface area (Å²) in [6, 6.07) is 0. The molecule has 1 amide bonds. The van der Waals surface area contributed by atoms with E-state index in [0.29, 0.717) is 19.0 Å². The van der Waals surface area contributed by atoms with Gasteiger partial charge < -0.3 is 14.1 Å². The Balaban J connectivity index is 2.74. The number of carbonyl (C=O) groups is 1. The third kappa shape index (κ3) is 6.59.